The molecular weight excluding hydrogens is 298 g/mol. The van der Waals surface area contributed by atoms with Crippen LogP contribution in [0.25, 0.3) is 0 Å². The van der Waals surface area contributed by atoms with Crippen molar-refractivity contribution in [3.8, 4) is 0 Å². The second-order valence-electron chi connectivity index (χ2n) is 6.70. The summed E-state index contributed by atoms with van der Waals surface area (Å²) in [5, 5.41) is 8.36. The van der Waals surface area contributed by atoms with E-state index in [-0.39, 0.29) is 24.3 Å². The molecular formula is C16H29N3O4. The average molecular weight is 327 g/mol. The molecule has 0 aromatic heterocycles. The number of ether oxygens (including phenoxy) is 1. The molecule has 0 saturated carbocycles. The third-order valence-corrected chi connectivity index (χ3v) is 3.43. The van der Waals surface area contributed by atoms with Crippen LogP contribution >= 0.6 is 0 Å². The number of esters is 1. The molecule has 7 nitrogen and oxygen atoms in total. The van der Waals surface area contributed by atoms with Gasteiger partial charge in [-0.15, -0.1) is 0 Å². The van der Waals surface area contributed by atoms with Gasteiger partial charge in [0.05, 0.1) is 6.61 Å². The highest BCUT2D eigenvalue weighted by Gasteiger charge is 2.49. The van der Waals surface area contributed by atoms with Gasteiger partial charge in [0.15, 0.2) is 0 Å². The third-order valence-electron chi connectivity index (χ3n) is 3.43. The van der Waals surface area contributed by atoms with Crippen LogP contribution in [0, 0.1) is 11.8 Å². The van der Waals surface area contributed by atoms with Gasteiger partial charge < -0.3 is 15.4 Å². The van der Waals surface area contributed by atoms with Gasteiger partial charge in [0.2, 0.25) is 11.8 Å². The molecule has 0 bridgehead atoms. The lowest BCUT2D eigenvalue weighted by Gasteiger charge is -2.20. The molecule has 1 fully saturated rings. The molecule has 0 radical (unpaired) electrons. The smallest absolute Gasteiger partial charge is 0.325 e. The van der Waals surface area contributed by atoms with E-state index in [1.807, 2.05) is 27.7 Å². The standard InChI is InChI=1S/C16H29N3O4/c1-6-23-16(22)13-12(19-13)15(21)18-11(7-9(2)3)14(20)17-8-10(4)5/h9-13,19H,6-8H2,1-5H3,(H,17,20)(H,18,21)/t11-,12+,13+/m0/s1. The monoisotopic (exact) mass is 327 g/mol. The third kappa shape index (κ3) is 6.56. The van der Waals surface area contributed by atoms with Gasteiger partial charge in [-0.3, -0.25) is 19.7 Å². The Labute approximate surface area is 137 Å². The summed E-state index contributed by atoms with van der Waals surface area (Å²) in [4.78, 5) is 36.0. The van der Waals surface area contributed by atoms with E-state index in [1.165, 1.54) is 0 Å². The van der Waals surface area contributed by atoms with Crippen molar-refractivity contribution in [3.05, 3.63) is 0 Å². The summed E-state index contributed by atoms with van der Waals surface area (Å²) >= 11 is 0. The van der Waals surface area contributed by atoms with E-state index in [0.29, 0.717) is 18.9 Å². The minimum atomic E-state index is -0.610. The van der Waals surface area contributed by atoms with Crippen LogP contribution in [0.15, 0.2) is 0 Å². The summed E-state index contributed by atoms with van der Waals surface area (Å²) in [5.41, 5.74) is 0. The molecule has 1 aliphatic rings. The highest BCUT2D eigenvalue weighted by atomic mass is 16.5. The molecule has 0 unspecified atom stereocenters. The molecule has 0 aromatic carbocycles. The molecule has 2 amide bonds. The van der Waals surface area contributed by atoms with E-state index in [2.05, 4.69) is 16.0 Å². The van der Waals surface area contributed by atoms with Crippen molar-refractivity contribution in [1.29, 1.82) is 0 Å². The normalized spacial score (nSPS) is 21.0. The van der Waals surface area contributed by atoms with Gasteiger partial charge in [-0.25, -0.2) is 0 Å². The van der Waals surface area contributed by atoms with Crippen molar-refractivity contribution in [2.75, 3.05) is 13.2 Å². The minimum absolute atomic E-state index is 0.186. The lowest BCUT2D eigenvalue weighted by Crippen LogP contribution is -2.49. The average Bonchev–Trinajstić information content (AvgIpc) is 3.24. The molecule has 23 heavy (non-hydrogen) atoms. The molecule has 3 N–H and O–H groups in total. The van der Waals surface area contributed by atoms with Gasteiger partial charge in [-0.05, 0) is 25.2 Å². The maximum Gasteiger partial charge on any atom is 0.325 e. The zero-order valence-electron chi connectivity index (χ0n) is 14.6. The Hall–Kier alpha value is -1.63. The van der Waals surface area contributed by atoms with E-state index in [9.17, 15) is 14.4 Å². The van der Waals surface area contributed by atoms with Crippen LogP contribution in [0.5, 0.6) is 0 Å². The van der Waals surface area contributed by atoms with Crippen molar-refractivity contribution in [2.45, 2.75) is 59.2 Å². The Morgan fingerprint density at radius 2 is 1.74 bits per heavy atom. The molecule has 0 spiro atoms. The van der Waals surface area contributed by atoms with Crippen molar-refractivity contribution >= 4 is 17.8 Å². The Kier molecular flexibility index (Phi) is 7.48. The van der Waals surface area contributed by atoms with Gasteiger partial charge in [-0.2, -0.15) is 0 Å². The Morgan fingerprint density at radius 1 is 1.09 bits per heavy atom. The second kappa shape index (κ2) is 8.86. The first-order valence-corrected chi connectivity index (χ1v) is 8.27. The zero-order valence-corrected chi connectivity index (χ0v) is 14.6. The lowest BCUT2D eigenvalue weighted by molar-refractivity contribution is -0.143. The first-order valence-electron chi connectivity index (χ1n) is 8.27. The van der Waals surface area contributed by atoms with Crippen molar-refractivity contribution < 1.29 is 19.1 Å². The lowest BCUT2D eigenvalue weighted by atomic mass is 10.0. The summed E-state index contributed by atoms with van der Waals surface area (Å²) in [6.07, 6.45) is 0.548. The maximum atomic E-state index is 12.2. The highest BCUT2D eigenvalue weighted by molar-refractivity contribution is 5.97. The van der Waals surface area contributed by atoms with Crippen LogP contribution in [0.2, 0.25) is 0 Å². The minimum Gasteiger partial charge on any atom is -0.465 e. The first-order chi connectivity index (χ1) is 10.8. The largest absolute Gasteiger partial charge is 0.465 e. The molecule has 0 aliphatic carbocycles. The Bertz CT molecular complexity index is 437. The molecule has 132 valence electrons. The summed E-state index contributed by atoms with van der Waals surface area (Å²) in [5.74, 6) is -0.356. The van der Waals surface area contributed by atoms with Crippen LogP contribution in [-0.4, -0.2) is 49.1 Å². The summed E-state index contributed by atoms with van der Waals surface area (Å²) in [6.45, 7) is 10.6. The molecule has 1 saturated heterocycles. The van der Waals surface area contributed by atoms with E-state index in [1.54, 1.807) is 6.92 Å². The summed E-state index contributed by atoms with van der Waals surface area (Å²) in [7, 11) is 0. The molecule has 0 aromatic rings. The van der Waals surface area contributed by atoms with Gasteiger partial charge in [0.1, 0.15) is 18.1 Å². The second-order valence-corrected chi connectivity index (χ2v) is 6.70. The number of hydrogen-bond acceptors (Lipinski definition) is 5. The van der Waals surface area contributed by atoms with Crippen LogP contribution in [0.4, 0.5) is 0 Å². The number of nitrogens with one attached hydrogen (secondary N) is 3. The number of amides is 2. The molecule has 1 heterocycles. The topological polar surface area (TPSA) is 106 Å². The molecule has 3 atom stereocenters. The van der Waals surface area contributed by atoms with Crippen LogP contribution in [-0.2, 0) is 19.1 Å². The van der Waals surface area contributed by atoms with Gasteiger partial charge >= 0.3 is 5.97 Å². The summed E-state index contributed by atoms with van der Waals surface area (Å²) < 4.78 is 4.87. The molecule has 1 rings (SSSR count). The number of carbonyl (C=O) groups is 3. The van der Waals surface area contributed by atoms with Gasteiger partial charge in [0.25, 0.3) is 0 Å². The van der Waals surface area contributed by atoms with Gasteiger partial charge in [0, 0.05) is 6.54 Å². The highest BCUT2D eigenvalue weighted by Crippen LogP contribution is 2.14. The van der Waals surface area contributed by atoms with Crippen LogP contribution < -0.4 is 16.0 Å². The van der Waals surface area contributed by atoms with Crippen molar-refractivity contribution in [2.24, 2.45) is 11.8 Å². The van der Waals surface area contributed by atoms with Crippen molar-refractivity contribution in [1.82, 2.24) is 16.0 Å². The Morgan fingerprint density at radius 3 is 2.26 bits per heavy atom. The van der Waals surface area contributed by atoms with E-state index in [0.717, 1.165) is 0 Å². The molecule has 7 heteroatoms. The predicted octanol–water partition coefficient (Wildman–Crippen LogP) is 0.193. The summed E-state index contributed by atoms with van der Waals surface area (Å²) in [6, 6.07) is -1.80. The van der Waals surface area contributed by atoms with E-state index >= 15 is 0 Å². The van der Waals surface area contributed by atoms with Crippen LogP contribution in [0.3, 0.4) is 0 Å². The van der Waals surface area contributed by atoms with Crippen molar-refractivity contribution in [3.63, 3.8) is 0 Å². The fourth-order valence-corrected chi connectivity index (χ4v) is 2.19. The number of hydrogen-bond donors (Lipinski definition) is 3. The zero-order chi connectivity index (χ0) is 17.6. The van der Waals surface area contributed by atoms with Gasteiger partial charge in [-0.1, -0.05) is 27.7 Å². The predicted molar refractivity (Wildman–Crippen MR) is 86.6 cm³/mol. The quantitative estimate of drug-likeness (QED) is 0.414. The van der Waals surface area contributed by atoms with E-state index < -0.39 is 24.1 Å². The van der Waals surface area contributed by atoms with E-state index in [4.69, 9.17) is 4.74 Å². The molecule has 1 aliphatic heterocycles. The maximum absolute atomic E-state index is 12.2. The fraction of sp³-hybridized carbons (Fsp3) is 0.812. The fourth-order valence-electron chi connectivity index (χ4n) is 2.19. The number of carbonyl (C=O) groups excluding carboxylic acids is 3. The number of rotatable bonds is 9. The first kappa shape index (κ1) is 19.4. The van der Waals surface area contributed by atoms with Crippen LogP contribution in [0.1, 0.15) is 41.0 Å². The SMILES string of the molecule is CCOC(=O)[C@@H]1N[C@H]1C(=O)N[C@@H](CC(C)C)C(=O)NCC(C)C. The Balaban J connectivity index is 2.55.